The second-order valence-electron chi connectivity index (χ2n) is 10.6. The Morgan fingerprint density at radius 3 is 1.89 bits per heavy atom. The van der Waals surface area contributed by atoms with E-state index in [4.69, 9.17) is 4.98 Å². The normalized spacial score (nSPS) is 11.3. The molecule has 4 nitrogen and oxygen atoms in total. The molecule has 1 N–H and O–H groups in total. The Morgan fingerprint density at radius 2 is 1.33 bits per heavy atom. The second-order valence-corrected chi connectivity index (χ2v) is 10.6. The van der Waals surface area contributed by atoms with Crippen molar-refractivity contribution in [2.24, 2.45) is 0 Å². The highest BCUT2D eigenvalue weighted by atomic mass is 16.1. The fourth-order valence-corrected chi connectivity index (χ4v) is 4.98. The summed E-state index contributed by atoms with van der Waals surface area (Å²) in [5.41, 5.74) is 2.88. The molecular weight excluding hydrogens is 442 g/mol. The minimum absolute atomic E-state index is 0.0586. The molecule has 0 spiro atoms. The van der Waals surface area contributed by atoms with Gasteiger partial charge < -0.3 is 9.88 Å². The van der Waals surface area contributed by atoms with Crippen LogP contribution < -0.4 is 5.32 Å². The number of carbonyl (C=O) groups excluding carboxylic acids is 1. The molecule has 0 saturated carbocycles. The number of hydrogen-bond donors (Lipinski definition) is 1. The number of carbonyl (C=O) groups is 1. The molecule has 1 aromatic carbocycles. The Bertz CT molecular complexity index is 869. The van der Waals surface area contributed by atoms with Crippen LogP contribution in [0.4, 0.5) is 0 Å². The van der Waals surface area contributed by atoms with E-state index in [2.05, 4.69) is 47.7 Å². The molecule has 0 atom stereocenters. The summed E-state index contributed by atoms with van der Waals surface area (Å²) < 4.78 is 2.40. The maximum absolute atomic E-state index is 11.7. The topological polar surface area (TPSA) is 46.9 Å². The van der Waals surface area contributed by atoms with Crippen molar-refractivity contribution < 1.29 is 4.79 Å². The molecule has 0 aliphatic heterocycles. The number of aromatic nitrogens is 2. The van der Waals surface area contributed by atoms with E-state index in [1.54, 1.807) is 6.92 Å². The van der Waals surface area contributed by atoms with Gasteiger partial charge >= 0.3 is 0 Å². The molecule has 2 rings (SSSR count). The lowest BCUT2D eigenvalue weighted by atomic mass is 10.0. The van der Waals surface area contributed by atoms with Gasteiger partial charge in [0.15, 0.2) is 0 Å². The van der Waals surface area contributed by atoms with Crippen LogP contribution in [0.5, 0.6) is 0 Å². The molecule has 1 aromatic heterocycles. The third kappa shape index (κ3) is 12.2. The predicted molar refractivity (Wildman–Crippen MR) is 155 cm³/mol. The van der Waals surface area contributed by atoms with Crippen molar-refractivity contribution >= 4 is 16.9 Å². The van der Waals surface area contributed by atoms with Gasteiger partial charge in [-0.05, 0) is 31.9 Å². The van der Waals surface area contributed by atoms with E-state index in [-0.39, 0.29) is 5.91 Å². The van der Waals surface area contributed by atoms with E-state index >= 15 is 0 Å². The largest absolute Gasteiger partial charge is 0.352 e. The monoisotopic (exact) mass is 495 g/mol. The summed E-state index contributed by atoms with van der Waals surface area (Å²) in [6.07, 6.45) is 24.1. The van der Waals surface area contributed by atoms with Gasteiger partial charge in [-0.3, -0.25) is 4.79 Å². The first-order valence-electron chi connectivity index (χ1n) is 15.0. The summed E-state index contributed by atoms with van der Waals surface area (Å²) in [5, 5.41) is 2.93. The first kappa shape index (κ1) is 30.1. The fourth-order valence-electron chi connectivity index (χ4n) is 4.98. The number of nitrogens with zero attached hydrogens (tertiary/aromatic N) is 2. The number of imidazole rings is 1. The molecule has 0 saturated heterocycles. The van der Waals surface area contributed by atoms with E-state index < -0.39 is 0 Å². The SMILES string of the molecule is C=C(C)C(=O)NCCCc1nc2ccccc2n1CCCCCCCCCCCCCCCCCC. The third-order valence-electron chi connectivity index (χ3n) is 7.22. The van der Waals surface area contributed by atoms with E-state index in [1.165, 1.54) is 108 Å². The van der Waals surface area contributed by atoms with Crippen LogP contribution in [0.25, 0.3) is 11.0 Å². The molecule has 4 heteroatoms. The zero-order chi connectivity index (χ0) is 25.8. The second kappa shape index (κ2) is 19.1. The molecule has 0 unspecified atom stereocenters. The average Bonchev–Trinajstić information content (AvgIpc) is 3.23. The Morgan fingerprint density at radius 1 is 0.806 bits per heavy atom. The van der Waals surface area contributed by atoms with Crippen LogP contribution in [0.1, 0.15) is 129 Å². The highest BCUT2D eigenvalue weighted by Gasteiger charge is 2.10. The van der Waals surface area contributed by atoms with Crippen LogP contribution in [0, 0.1) is 0 Å². The van der Waals surface area contributed by atoms with Gasteiger partial charge in [0.1, 0.15) is 5.82 Å². The average molecular weight is 496 g/mol. The van der Waals surface area contributed by atoms with Gasteiger partial charge in [0.25, 0.3) is 0 Å². The van der Waals surface area contributed by atoms with Gasteiger partial charge in [-0.15, -0.1) is 0 Å². The maximum atomic E-state index is 11.7. The minimum atomic E-state index is -0.0586. The summed E-state index contributed by atoms with van der Waals surface area (Å²) in [7, 11) is 0. The number of fused-ring (bicyclic) bond motifs is 1. The van der Waals surface area contributed by atoms with Crippen molar-refractivity contribution in [3.8, 4) is 0 Å². The molecule has 1 amide bonds. The number of hydrogen-bond acceptors (Lipinski definition) is 2. The van der Waals surface area contributed by atoms with Crippen molar-refractivity contribution in [1.29, 1.82) is 0 Å². The number of unbranched alkanes of at least 4 members (excludes halogenated alkanes) is 15. The summed E-state index contributed by atoms with van der Waals surface area (Å²) in [6, 6.07) is 8.45. The zero-order valence-corrected chi connectivity index (χ0v) is 23.5. The van der Waals surface area contributed by atoms with Crippen LogP contribution >= 0.6 is 0 Å². The van der Waals surface area contributed by atoms with E-state index in [0.29, 0.717) is 12.1 Å². The molecule has 202 valence electrons. The Kier molecular flexibility index (Phi) is 16.0. The number of nitrogens with one attached hydrogen (secondary N) is 1. The third-order valence-corrected chi connectivity index (χ3v) is 7.22. The van der Waals surface area contributed by atoms with Gasteiger partial charge in [-0.25, -0.2) is 4.98 Å². The first-order chi connectivity index (χ1) is 17.6. The van der Waals surface area contributed by atoms with Crippen LogP contribution in [-0.2, 0) is 17.8 Å². The fraction of sp³-hybridized carbons (Fsp3) is 0.688. The van der Waals surface area contributed by atoms with Crippen molar-refractivity contribution in [2.75, 3.05) is 6.54 Å². The van der Waals surface area contributed by atoms with Crippen LogP contribution in [-0.4, -0.2) is 22.0 Å². The number of para-hydroxylation sites is 2. The standard InChI is InChI=1S/C32H53N3O/c1-4-5-6-7-8-9-10-11-12-13-14-15-16-17-18-21-27-35-30-24-20-19-23-29(30)34-31(35)25-22-26-33-32(36)28(2)3/h19-20,23-24H,2,4-18,21-22,25-27H2,1,3H3,(H,33,36). The summed E-state index contributed by atoms with van der Waals surface area (Å²) >= 11 is 0. The highest BCUT2D eigenvalue weighted by molar-refractivity contribution is 5.92. The van der Waals surface area contributed by atoms with Crippen molar-refractivity contribution in [1.82, 2.24) is 14.9 Å². The lowest BCUT2D eigenvalue weighted by Crippen LogP contribution is -2.25. The maximum Gasteiger partial charge on any atom is 0.246 e. The van der Waals surface area contributed by atoms with E-state index in [9.17, 15) is 4.79 Å². The van der Waals surface area contributed by atoms with Gasteiger partial charge in [0, 0.05) is 25.1 Å². The number of amides is 1. The summed E-state index contributed by atoms with van der Waals surface area (Å²) in [4.78, 5) is 16.6. The molecule has 1 heterocycles. The number of aryl methyl sites for hydroxylation is 2. The summed E-state index contributed by atoms with van der Waals surface area (Å²) in [6.45, 7) is 9.43. The van der Waals surface area contributed by atoms with Crippen molar-refractivity contribution in [2.45, 2.75) is 136 Å². The molecule has 0 radical (unpaired) electrons. The molecular formula is C32H53N3O. The molecule has 0 aliphatic rings. The van der Waals surface area contributed by atoms with Gasteiger partial charge in [-0.1, -0.05) is 122 Å². The predicted octanol–water partition coefficient (Wildman–Crippen LogP) is 8.92. The Labute approximate surface area is 221 Å². The minimum Gasteiger partial charge on any atom is -0.352 e. The Hall–Kier alpha value is -2.10. The van der Waals surface area contributed by atoms with Gasteiger partial charge in [0.2, 0.25) is 5.91 Å². The van der Waals surface area contributed by atoms with Crippen molar-refractivity contribution in [3.63, 3.8) is 0 Å². The smallest absolute Gasteiger partial charge is 0.246 e. The Balaban J connectivity index is 1.55. The summed E-state index contributed by atoms with van der Waals surface area (Å²) in [5.74, 6) is 1.08. The van der Waals surface area contributed by atoms with Crippen LogP contribution in [0.15, 0.2) is 36.4 Å². The zero-order valence-electron chi connectivity index (χ0n) is 23.5. The lowest BCUT2D eigenvalue weighted by molar-refractivity contribution is -0.117. The number of rotatable bonds is 22. The molecule has 0 bridgehead atoms. The molecule has 2 aromatic rings. The van der Waals surface area contributed by atoms with E-state index in [1.807, 2.05) is 0 Å². The van der Waals surface area contributed by atoms with Crippen LogP contribution in [0.3, 0.4) is 0 Å². The van der Waals surface area contributed by atoms with Crippen LogP contribution in [0.2, 0.25) is 0 Å². The molecule has 36 heavy (non-hydrogen) atoms. The van der Waals surface area contributed by atoms with Crippen molar-refractivity contribution in [3.05, 3.63) is 42.2 Å². The van der Waals surface area contributed by atoms with Gasteiger partial charge in [0.05, 0.1) is 11.0 Å². The highest BCUT2D eigenvalue weighted by Crippen LogP contribution is 2.19. The first-order valence-corrected chi connectivity index (χ1v) is 15.0. The van der Waals surface area contributed by atoms with Gasteiger partial charge in [-0.2, -0.15) is 0 Å². The number of benzene rings is 1. The quantitative estimate of drug-likeness (QED) is 0.131. The van der Waals surface area contributed by atoms with E-state index in [0.717, 1.165) is 30.7 Å². The molecule has 0 fully saturated rings. The molecule has 0 aliphatic carbocycles. The lowest BCUT2D eigenvalue weighted by Gasteiger charge is -2.10.